The van der Waals surface area contributed by atoms with Gasteiger partial charge in [0.15, 0.2) is 0 Å². The highest BCUT2D eigenvalue weighted by atomic mass is 16.3. The summed E-state index contributed by atoms with van der Waals surface area (Å²) in [6.07, 6.45) is 6.90. The molecule has 3 aliphatic rings. The summed E-state index contributed by atoms with van der Waals surface area (Å²) in [5, 5.41) is 12.9. The van der Waals surface area contributed by atoms with Gasteiger partial charge in [0.2, 0.25) is 11.8 Å². The van der Waals surface area contributed by atoms with E-state index in [0.29, 0.717) is 24.1 Å². The molecule has 1 aromatic carbocycles. The molecule has 0 aromatic heterocycles. The second-order valence-corrected chi connectivity index (χ2v) is 9.79. The van der Waals surface area contributed by atoms with Gasteiger partial charge in [-0.25, -0.2) is 0 Å². The molecule has 1 saturated carbocycles. The molecule has 4 atom stereocenters. The van der Waals surface area contributed by atoms with Crippen molar-refractivity contribution in [3.05, 3.63) is 29.3 Å². The molecule has 6 heteroatoms. The maximum absolute atomic E-state index is 12.3. The number of nitrogens with two attached hydrogens (primary N) is 1. The van der Waals surface area contributed by atoms with Crippen LogP contribution in [0, 0.1) is 11.8 Å². The van der Waals surface area contributed by atoms with E-state index in [1.807, 2.05) is 12.1 Å². The fourth-order valence-electron chi connectivity index (χ4n) is 5.83. The number of carbonyl (C=O) groups is 2. The van der Waals surface area contributed by atoms with Crippen molar-refractivity contribution in [2.45, 2.75) is 76.3 Å². The van der Waals surface area contributed by atoms with Crippen LogP contribution in [0.5, 0.6) is 5.75 Å². The number of phenols is 1. The second kappa shape index (κ2) is 8.22. The highest BCUT2D eigenvalue weighted by molar-refractivity contribution is 5.86. The summed E-state index contributed by atoms with van der Waals surface area (Å²) in [5.41, 5.74) is 7.87. The molecular formula is C24H35N3O3. The van der Waals surface area contributed by atoms with Gasteiger partial charge in [-0.2, -0.15) is 0 Å². The molecule has 1 aliphatic heterocycles. The van der Waals surface area contributed by atoms with Gasteiger partial charge in [0.25, 0.3) is 0 Å². The molecule has 164 valence electrons. The van der Waals surface area contributed by atoms with E-state index in [4.69, 9.17) is 5.73 Å². The summed E-state index contributed by atoms with van der Waals surface area (Å²) in [6.45, 7) is 6.28. The number of benzene rings is 1. The van der Waals surface area contributed by atoms with E-state index in [1.165, 1.54) is 30.5 Å². The molecule has 2 aliphatic carbocycles. The lowest BCUT2D eigenvalue weighted by molar-refractivity contribution is -0.127. The second-order valence-electron chi connectivity index (χ2n) is 9.79. The lowest BCUT2D eigenvalue weighted by Gasteiger charge is -2.56. The number of phenolic OH excluding ortho intramolecular Hbond substituents is 1. The number of hydrogen-bond donors (Lipinski definition) is 3. The van der Waals surface area contributed by atoms with Crippen molar-refractivity contribution in [1.29, 1.82) is 0 Å². The molecule has 2 fully saturated rings. The summed E-state index contributed by atoms with van der Waals surface area (Å²) in [7, 11) is 0. The number of piperidine rings is 1. The van der Waals surface area contributed by atoms with Gasteiger partial charge in [-0.1, -0.05) is 13.0 Å². The minimum absolute atomic E-state index is 0.00732. The zero-order chi connectivity index (χ0) is 21.5. The molecule has 4 N–H and O–H groups in total. The molecule has 1 aromatic rings. The molecule has 2 bridgehead atoms. The van der Waals surface area contributed by atoms with E-state index < -0.39 is 11.9 Å². The van der Waals surface area contributed by atoms with Crippen molar-refractivity contribution in [1.82, 2.24) is 10.2 Å². The van der Waals surface area contributed by atoms with Crippen LogP contribution in [0.2, 0.25) is 0 Å². The zero-order valence-electron chi connectivity index (χ0n) is 18.2. The van der Waals surface area contributed by atoms with Crippen LogP contribution in [-0.2, 0) is 21.4 Å². The van der Waals surface area contributed by atoms with Crippen LogP contribution in [0.1, 0.15) is 63.5 Å². The molecule has 0 radical (unpaired) electrons. The maximum Gasteiger partial charge on any atom is 0.239 e. The van der Waals surface area contributed by atoms with E-state index in [-0.39, 0.29) is 11.3 Å². The lowest BCUT2D eigenvalue weighted by Crippen LogP contribution is -2.59. The summed E-state index contributed by atoms with van der Waals surface area (Å²) >= 11 is 0. The van der Waals surface area contributed by atoms with E-state index in [2.05, 4.69) is 23.2 Å². The molecule has 30 heavy (non-hydrogen) atoms. The predicted octanol–water partition coefficient (Wildman–Crippen LogP) is 2.47. The number of hydrogen-bond acceptors (Lipinski definition) is 4. The topological polar surface area (TPSA) is 95.7 Å². The highest BCUT2D eigenvalue weighted by Crippen LogP contribution is 2.52. The number of nitrogens with zero attached hydrogens (tertiary/aromatic N) is 1. The summed E-state index contributed by atoms with van der Waals surface area (Å²) in [6, 6.07) is 5.76. The number of aromatic hydroxyl groups is 1. The van der Waals surface area contributed by atoms with Gasteiger partial charge >= 0.3 is 0 Å². The predicted molar refractivity (Wildman–Crippen MR) is 116 cm³/mol. The number of fused-ring (bicyclic) bond motifs is 4. The molecule has 0 spiro atoms. The first kappa shape index (κ1) is 21.2. The van der Waals surface area contributed by atoms with Gasteiger partial charge in [0, 0.05) is 24.4 Å². The summed E-state index contributed by atoms with van der Waals surface area (Å²) < 4.78 is 0. The summed E-state index contributed by atoms with van der Waals surface area (Å²) in [4.78, 5) is 26.2. The van der Waals surface area contributed by atoms with Crippen molar-refractivity contribution in [3.63, 3.8) is 0 Å². The van der Waals surface area contributed by atoms with Crippen LogP contribution < -0.4 is 11.1 Å². The van der Waals surface area contributed by atoms with Crippen molar-refractivity contribution >= 4 is 11.8 Å². The van der Waals surface area contributed by atoms with Gasteiger partial charge in [0.1, 0.15) is 11.8 Å². The molecule has 1 saturated heterocycles. The van der Waals surface area contributed by atoms with Crippen LogP contribution in [-0.4, -0.2) is 47.0 Å². The van der Waals surface area contributed by atoms with Gasteiger partial charge < -0.3 is 16.2 Å². The molecule has 2 amide bonds. The molecule has 1 unspecified atom stereocenters. The monoisotopic (exact) mass is 413 g/mol. The fourth-order valence-corrected chi connectivity index (χ4v) is 5.83. The Morgan fingerprint density at radius 3 is 2.83 bits per heavy atom. The quantitative estimate of drug-likeness (QED) is 0.610. The Balaban J connectivity index is 1.51. The smallest absolute Gasteiger partial charge is 0.239 e. The first-order chi connectivity index (χ1) is 14.3. The number of primary amides is 1. The van der Waals surface area contributed by atoms with E-state index in [9.17, 15) is 14.7 Å². The normalized spacial score (nSPS) is 29.1. The standard InChI is InChI=1S/C24H35N3O3/c1-15-21-12-18-7-8-19(28)13-20(18)24(15,10-11-27(21)14-17-5-6-17)9-3-4-22(29)26-16(2)23(25)30/h7-8,13,15-17,21,28H,3-6,9-12,14H2,1-2H3,(H2,25,30)(H,26,29)/t15-,16?,21+,24+/m0/s1. The fraction of sp³-hybridized carbons (Fsp3) is 0.667. The number of nitrogens with one attached hydrogen (secondary N) is 1. The van der Waals surface area contributed by atoms with Crippen molar-refractivity contribution in [3.8, 4) is 5.75 Å². The average molecular weight is 414 g/mol. The number of amides is 2. The first-order valence-corrected chi connectivity index (χ1v) is 11.5. The van der Waals surface area contributed by atoms with Crippen molar-refractivity contribution < 1.29 is 14.7 Å². The van der Waals surface area contributed by atoms with E-state index in [0.717, 1.165) is 38.1 Å². The van der Waals surface area contributed by atoms with Gasteiger partial charge in [0.05, 0.1) is 0 Å². The van der Waals surface area contributed by atoms with Crippen LogP contribution >= 0.6 is 0 Å². The average Bonchev–Trinajstić information content (AvgIpc) is 3.50. The number of carbonyl (C=O) groups excluding carboxylic acids is 2. The Bertz CT molecular complexity index is 822. The molecular weight excluding hydrogens is 378 g/mol. The van der Waals surface area contributed by atoms with Gasteiger partial charge in [-0.3, -0.25) is 14.5 Å². The van der Waals surface area contributed by atoms with Crippen LogP contribution in [0.4, 0.5) is 0 Å². The zero-order valence-corrected chi connectivity index (χ0v) is 18.2. The Morgan fingerprint density at radius 2 is 2.13 bits per heavy atom. The Hall–Kier alpha value is -2.08. The maximum atomic E-state index is 12.3. The first-order valence-electron chi connectivity index (χ1n) is 11.5. The third-order valence-electron chi connectivity index (χ3n) is 7.84. The van der Waals surface area contributed by atoms with Crippen molar-refractivity contribution in [2.24, 2.45) is 17.6 Å². The third kappa shape index (κ3) is 4.07. The minimum atomic E-state index is -0.642. The van der Waals surface area contributed by atoms with Gasteiger partial charge in [-0.15, -0.1) is 0 Å². The van der Waals surface area contributed by atoms with Crippen LogP contribution in [0.25, 0.3) is 0 Å². The largest absolute Gasteiger partial charge is 0.508 e. The molecule has 1 heterocycles. The van der Waals surface area contributed by atoms with E-state index >= 15 is 0 Å². The molecule has 6 nitrogen and oxygen atoms in total. The SMILES string of the molecule is CC(NC(=O)CCC[C@]12CCN(CC3CC3)[C@H](Cc3ccc(O)cc31)[C@@H]2C)C(N)=O. The highest BCUT2D eigenvalue weighted by Gasteiger charge is 2.51. The van der Waals surface area contributed by atoms with Crippen LogP contribution in [0.15, 0.2) is 18.2 Å². The summed E-state index contributed by atoms with van der Waals surface area (Å²) in [5.74, 6) is 1.04. The Labute approximate surface area is 179 Å². The lowest BCUT2D eigenvalue weighted by atomic mass is 9.56. The third-order valence-corrected chi connectivity index (χ3v) is 7.84. The number of likely N-dealkylation sites (tertiary alicyclic amines) is 1. The minimum Gasteiger partial charge on any atom is -0.508 e. The van der Waals surface area contributed by atoms with Gasteiger partial charge in [-0.05, 0) is 87.1 Å². The van der Waals surface area contributed by atoms with Crippen molar-refractivity contribution in [2.75, 3.05) is 13.1 Å². The Morgan fingerprint density at radius 1 is 1.37 bits per heavy atom. The molecule has 4 rings (SSSR count). The Kier molecular flexibility index (Phi) is 5.80. The number of rotatable bonds is 8. The van der Waals surface area contributed by atoms with E-state index in [1.54, 1.807) is 6.92 Å². The van der Waals surface area contributed by atoms with Crippen LogP contribution in [0.3, 0.4) is 0 Å².